The van der Waals surface area contributed by atoms with Crippen molar-refractivity contribution in [3.63, 3.8) is 0 Å². The van der Waals surface area contributed by atoms with Gasteiger partial charge in [0.2, 0.25) is 5.91 Å². The first kappa shape index (κ1) is 13.1. The predicted molar refractivity (Wildman–Crippen MR) is 73.0 cm³/mol. The second-order valence-electron chi connectivity index (χ2n) is 4.98. The minimum absolute atomic E-state index is 0.0766. The van der Waals surface area contributed by atoms with Gasteiger partial charge in [0.15, 0.2) is 0 Å². The van der Waals surface area contributed by atoms with Crippen molar-refractivity contribution in [1.82, 2.24) is 4.90 Å². The molecule has 2 N–H and O–H groups in total. The van der Waals surface area contributed by atoms with Gasteiger partial charge < -0.3 is 10.6 Å². The molecule has 2 atom stereocenters. The van der Waals surface area contributed by atoms with Crippen molar-refractivity contribution in [2.45, 2.75) is 44.7 Å². The number of benzene rings is 1. The molecule has 0 aliphatic carbocycles. The molecule has 1 fully saturated rings. The highest BCUT2D eigenvalue weighted by Gasteiger charge is 2.29. The fourth-order valence-corrected chi connectivity index (χ4v) is 2.70. The lowest BCUT2D eigenvalue weighted by molar-refractivity contribution is -0.136. The molecule has 3 heteroatoms. The van der Waals surface area contributed by atoms with E-state index in [4.69, 9.17) is 5.73 Å². The SMILES string of the molecule is CCC1CCCCN1C(=O)C(N)c1ccccc1. The van der Waals surface area contributed by atoms with Crippen LogP contribution in [-0.4, -0.2) is 23.4 Å². The topological polar surface area (TPSA) is 46.3 Å². The fraction of sp³-hybridized carbons (Fsp3) is 0.533. The number of hydrogen-bond donors (Lipinski definition) is 1. The zero-order chi connectivity index (χ0) is 13.0. The van der Waals surface area contributed by atoms with Gasteiger partial charge in [0.05, 0.1) is 0 Å². The molecule has 0 aromatic heterocycles. The molecule has 1 aromatic carbocycles. The highest BCUT2D eigenvalue weighted by molar-refractivity contribution is 5.83. The Balaban J connectivity index is 2.10. The zero-order valence-electron chi connectivity index (χ0n) is 11.0. The van der Waals surface area contributed by atoms with Gasteiger partial charge in [-0.05, 0) is 31.2 Å². The highest BCUT2D eigenvalue weighted by Crippen LogP contribution is 2.23. The van der Waals surface area contributed by atoms with E-state index < -0.39 is 6.04 Å². The number of hydrogen-bond acceptors (Lipinski definition) is 2. The second-order valence-corrected chi connectivity index (χ2v) is 4.98. The van der Waals surface area contributed by atoms with Crippen LogP contribution in [0.5, 0.6) is 0 Å². The summed E-state index contributed by atoms with van der Waals surface area (Å²) in [4.78, 5) is 14.5. The van der Waals surface area contributed by atoms with Crippen LogP contribution in [0.1, 0.15) is 44.2 Å². The molecule has 1 aliphatic rings. The predicted octanol–water partition coefficient (Wildman–Crippen LogP) is 2.48. The number of rotatable bonds is 3. The molecule has 1 aliphatic heterocycles. The van der Waals surface area contributed by atoms with E-state index in [0.29, 0.717) is 6.04 Å². The van der Waals surface area contributed by atoms with E-state index >= 15 is 0 Å². The quantitative estimate of drug-likeness (QED) is 0.890. The van der Waals surface area contributed by atoms with Crippen molar-refractivity contribution in [1.29, 1.82) is 0 Å². The minimum atomic E-state index is -0.515. The van der Waals surface area contributed by atoms with Crippen LogP contribution in [0.3, 0.4) is 0 Å². The summed E-state index contributed by atoms with van der Waals surface area (Å²) in [7, 11) is 0. The van der Waals surface area contributed by atoms with E-state index in [9.17, 15) is 4.79 Å². The first-order chi connectivity index (χ1) is 8.74. The molecule has 0 saturated carbocycles. The van der Waals surface area contributed by atoms with Crippen LogP contribution in [0.25, 0.3) is 0 Å². The van der Waals surface area contributed by atoms with Gasteiger partial charge in [-0.25, -0.2) is 0 Å². The number of amides is 1. The fourth-order valence-electron chi connectivity index (χ4n) is 2.70. The Morgan fingerprint density at radius 3 is 2.78 bits per heavy atom. The summed E-state index contributed by atoms with van der Waals surface area (Å²) in [5.41, 5.74) is 7.00. The van der Waals surface area contributed by atoms with Crippen LogP contribution in [-0.2, 0) is 4.79 Å². The van der Waals surface area contributed by atoms with E-state index in [-0.39, 0.29) is 5.91 Å². The Labute approximate surface area is 109 Å². The van der Waals surface area contributed by atoms with E-state index in [2.05, 4.69) is 6.92 Å². The van der Waals surface area contributed by atoms with Crippen LogP contribution < -0.4 is 5.73 Å². The summed E-state index contributed by atoms with van der Waals surface area (Å²) in [6, 6.07) is 9.50. The number of carbonyl (C=O) groups is 1. The third-order valence-electron chi connectivity index (χ3n) is 3.81. The summed E-state index contributed by atoms with van der Waals surface area (Å²) < 4.78 is 0. The Kier molecular flexibility index (Phi) is 4.37. The van der Waals surface area contributed by atoms with Crippen molar-refractivity contribution in [3.05, 3.63) is 35.9 Å². The average molecular weight is 246 g/mol. The maximum absolute atomic E-state index is 12.5. The lowest BCUT2D eigenvalue weighted by Gasteiger charge is -2.36. The number of nitrogens with two attached hydrogens (primary N) is 1. The zero-order valence-corrected chi connectivity index (χ0v) is 11.0. The van der Waals surface area contributed by atoms with E-state index in [1.165, 1.54) is 6.42 Å². The van der Waals surface area contributed by atoms with Gasteiger partial charge in [0.1, 0.15) is 6.04 Å². The normalized spacial score (nSPS) is 21.7. The minimum Gasteiger partial charge on any atom is -0.338 e. The van der Waals surface area contributed by atoms with Gasteiger partial charge in [0.25, 0.3) is 0 Å². The summed E-state index contributed by atoms with van der Waals surface area (Å²) in [6.07, 6.45) is 4.46. The van der Waals surface area contributed by atoms with Crippen molar-refractivity contribution < 1.29 is 4.79 Å². The summed E-state index contributed by atoms with van der Waals surface area (Å²) >= 11 is 0. The molecule has 3 nitrogen and oxygen atoms in total. The van der Waals surface area contributed by atoms with Gasteiger partial charge in [-0.2, -0.15) is 0 Å². The number of nitrogens with zero attached hydrogens (tertiary/aromatic N) is 1. The largest absolute Gasteiger partial charge is 0.338 e. The molecular formula is C15H22N2O. The first-order valence-corrected chi connectivity index (χ1v) is 6.85. The maximum Gasteiger partial charge on any atom is 0.244 e. The van der Waals surface area contributed by atoms with Crippen molar-refractivity contribution in [2.24, 2.45) is 5.73 Å². The third kappa shape index (κ3) is 2.72. The summed E-state index contributed by atoms with van der Waals surface area (Å²) in [5.74, 6) is 0.0766. The molecule has 0 bridgehead atoms. The van der Waals surface area contributed by atoms with Crippen LogP contribution in [0, 0.1) is 0 Å². The molecule has 1 heterocycles. The Morgan fingerprint density at radius 1 is 1.39 bits per heavy atom. The van der Waals surface area contributed by atoms with Crippen molar-refractivity contribution in [3.8, 4) is 0 Å². The smallest absolute Gasteiger partial charge is 0.244 e. The molecule has 98 valence electrons. The van der Waals surface area contributed by atoms with Gasteiger partial charge in [-0.15, -0.1) is 0 Å². The summed E-state index contributed by atoms with van der Waals surface area (Å²) in [6.45, 7) is 3.00. The molecule has 0 spiro atoms. The number of likely N-dealkylation sites (tertiary alicyclic amines) is 1. The van der Waals surface area contributed by atoms with E-state index in [0.717, 1.165) is 31.4 Å². The lowest BCUT2D eigenvalue weighted by Crippen LogP contribution is -2.47. The van der Waals surface area contributed by atoms with Crippen molar-refractivity contribution >= 4 is 5.91 Å². The number of carbonyl (C=O) groups excluding carboxylic acids is 1. The monoisotopic (exact) mass is 246 g/mol. The van der Waals surface area contributed by atoms with Crippen molar-refractivity contribution in [2.75, 3.05) is 6.54 Å². The standard InChI is InChI=1S/C15H22N2O/c1-2-13-10-6-7-11-17(13)15(18)14(16)12-8-4-3-5-9-12/h3-5,8-9,13-14H,2,6-7,10-11,16H2,1H3. The van der Waals surface area contributed by atoms with Crippen LogP contribution in [0.2, 0.25) is 0 Å². The first-order valence-electron chi connectivity index (χ1n) is 6.85. The van der Waals surface area contributed by atoms with E-state index in [1.807, 2.05) is 35.2 Å². The molecule has 1 amide bonds. The van der Waals surface area contributed by atoms with Crippen LogP contribution in [0.4, 0.5) is 0 Å². The number of piperidine rings is 1. The highest BCUT2D eigenvalue weighted by atomic mass is 16.2. The van der Waals surface area contributed by atoms with Crippen LogP contribution in [0.15, 0.2) is 30.3 Å². The molecular weight excluding hydrogens is 224 g/mol. The van der Waals surface area contributed by atoms with Gasteiger partial charge in [0, 0.05) is 12.6 Å². The molecule has 18 heavy (non-hydrogen) atoms. The van der Waals surface area contributed by atoms with Gasteiger partial charge in [-0.3, -0.25) is 4.79 Å². The lowest BCUT2D eigenvalue weighted by atomic mass is 9.97. The Bertz CT molecular complexity index is 391. The Morgan fingerprint density at radius 2 is 2.11 bits per heavy atom. The van der Waals surface area contributed by atoms with Gasteiger partial charge in [-0.1, -0.05) is 37.3 Å². The molecule has 1 saturated heterocycles. The van der Waals surface area contributed by atoms with Gasteiger partial charge >= 0.3 is 0 Å². The molecule has 1 aromatic rings. The summed E-state index contributed by atoms with van der Waals surface area (Å²) in [5, 5.41) is 0. The molecule has 0 radical (unpaired) electrons. The van der Waals surface area contributed by atoms with Crippen LogP contribution >= 0.6 is 0 Å². The Hall–Kier alpha value is -1.35. The molecule has 2 rings (SSSR count). The second kappa shape index (κ2) is 6.01. The average Bonchev–Trinajstić information content (AvgIpc) is 2.46. The van der Waals surface area contributed by atoms with E-state index in [1.54, 1.807) is 0 Å². The third-order valence-corrected chi connectivity index (χ3v) is 3.81. The molecule has 2 unspecified atom stereocenters. The maximum atomic E-state index is 12.5.